The van der Waals surface area contributed by atoms with Gasteiger partial charge in [-0.2, -0.15) is 0 Å². The van der Waals surface area contributed by atoms with Gasteiger partial charge in [-0.15, -0.1) is 0 Å². The third-order valence-electron chi connectivity index (χ3n) is 4.93. The van der Waals surface area contributed by atoms with Crippen molar-refractivity contribution in [3.63, 3.8) is 0 Å². The number of anilines is 2. The SMILES string of the molecule is Cc1ccc(NC(=O)C(=O)NCc2ccc3c(c2)OCO3)cc1N1CCCC1=O. The quantitative estimate of drug-likeness (QED) is 0.773. The second kappa shape index (κ2) is 7.83. The van der Waals surface area contributed by atoms with Gasteiger partial charge >= 0.3 is 11.8 Å². The third-order valence-corrected chi connectivity index (χ3v) is 4.93. The van der Waals surface area contributed by atoms with E-state index in [0.717, 1.165) is 23.2 Å². The van der Waals surface area contributed by atoms with Gasteiger partial charge in [0.1, 0.15) is 0 Å². The predicted molar refractivity (Wildman–Crippen MR) is 106 cm³/mol. The van der Waals surface area contributed by atoms with Gasteiger partial charge in [0.15, 0.2) is 11.5 Å². The number of benzene rings is 2. The van der Waals surface area contributed by atoms with Crippen LogP contribution in [0, 0.1) is 6.92 Å². The summed E-state index contributed by atoms with van der Waals surface area (Å²) in [6.07, 6.45) is 1.34. The van der Waals surface area contributed by atoms with E-state index in [9.17, 15) is 14.4 Å². The highest BCUT2D eigenvalue weighted by molar-refractivity contribution is 6.39. The van der Waals surface area contributed by atoms with Crippen molar-refractivity contribution in [2.24, 2.45) is 0 Å². The maximum absolute atomic E-state index is 12.3. The molecule has 2 aliphatic heterocycles. The molecule has 2 heterocycles. The standard InChI is InChI=1S/C21H21N3O5/c1-13-4-6-15(10-16(13)24-8-2-3-19(24)25)23-21(27)20(26)22-11-14-5-7-17-18(9-14)29-12-28-17/h4-7,9-10H,2-3,8,11-12H2,1H3,(H,22,26)(H,23,27). The average molecular weight is 395 g/mol. The van der Waals surface area contributed by atoms with E-state index in [2.05, 4.69) is 10.6 Å². The number of aryl methyl sites for hydroxylation is 1. The molecule has 8 heteroatoms. The van der Waals surface area contributed by atoms with Crippen LogP contribution in [0.3, 0.4) is 0 Å². The van der Waals surface area contributed by atoms with Gasteiger partial charge in [0.25, 0.3) is 0 Å². The van der Waals surface area contributed by atoms with Crippen LogP contribution < -0.4 is 25.0 Å². The van der Waals surface area contributed by atoms with E-state index in [0.29, 0.717) is 30.2 Å². The fraction of sp³-hybridized carbons (Fsp3) is 0.286. The summed E-state index contributed by atoms with van der Waals surface area (Å²) < 4.78 is 10.5. The van der Waals surface area contributed by atoms with E-state index in [4.69, 9.17) is 9.47 Å². The largest absolute Gasteiger partial charge is 0.454 e. The second-order valence-corrected chi connectivity index (χ2v) is 6.97. The number of carbonyl (C=O) groups excluding carboxylic acids is 3. The van der Waals surface area contributed by atoms with Crippen LogP contribution in [0.15, 0.2) is 36.4 Å². The van der Waals surface area contributed by atoms with Crippen molar-refractivity contribution < 1.29 is 23.9 Å². The Kier molecular flexibility index (Phi) is 5.07. The molecule has 4 rings (SSSR count). The molecule has 0 saturated carbocycles. The first-order valence-electron chi connectivity index (χ1n) is 9.40. The summed E-state index contributed by atoms with van der Waals surface area (Å²) in [5.74, 6) is -0.178. The molecule has 1 saturated heterocycles. The van der Waals surface area contributed by atoms with E-state index < -0.39 is 11.8 Å². The number of rotatable bonds is 4. The Morgan fingerprint density at radius 3 is 2.69 bits per heavy atom. The van der Waals surface area contributed by atoms with Crippen molar-refractivity contribution in [3.05, 3.63) is 47.5 Å². The summed E-state index contributed by atoms with van der Waals surface area (Å²) in [6.45, 7) is 2.93. The smallest absolute Gasteiger partial charge is 0.313 e. The Morgan fingerprint density at radius 2 is 1.90 bits per heavy atom. The summed E-state index contributed by atoms with van der Waals surface area (Å²) in [7, 11) is 0. The van der Waals surface area contributed by atoms with Gasteiger partial charge in [-0.25, -0.2) is 0 Å². The zero-order chi connectivity index (χ0) is 20.4. The van der Waals surface area contributed by atoms with Crippen molar-refractivity contribution in [1.82, 2.24) is 5.32 Å². The number of ether oxygens (including phenoxy) is 2. The first-order chi connectivity index (χ1) is 14.0. The van der Waals surface area contributed by atoms with Gasteiger partial charge in [0.05, 0.1) is 0 Å². The van der Waals surface area contributed by atoms with Crippen LogP contribution in [0.1, 0.15) is 24.0 Å². The molecule has 2 aromatic carbocycles. The number of carbonyl (C=O) groups is 3. The van der Waals surface area contributed by atoms with Crippen LogP contribution in [-0.4, -0.2) is 31.1 Å². The number of nitrogens with one attached hydrogen (secondary N) is 2. The van der Waals surface area contributed by atoms with Crippen molar-refractivity contribution >= 4 is 29.1 Å². The van der Waals surface area contributed by atoms with Gasteiger partial charge in [-0.1, -0.05) is 12.1 Å². The summed E-state index contributed by atoms with van der Waals surface area (Å²) in [4.78, 5) is 38.2. The van der Waals surface area contributed by atoms with E-state index in [1.807, 2.05) is 13.0 Å². The highest BCUT2D eigenvalue weighted by Gasteiger charge is 2.24. The Hall–Kier alpha value is -3.55. The summed E-state index contributed by atoms with van der Waals surface area (Å²) >= 11 is 0. The fourth-order valence-electron chi connectivity index (χ4n) is 3.38. The zero-order valence-corrected chi connectivity index (χ0v) is 16.0. The minimum absolute atomic E-state index is 0.0676. The first kappa shape index (κ1) is 18.8. The number of hydrogen-bond acceptors (Lipinski definition) is 5. The van der Waals surface area contributed by atoms with Gasteiger partial charge in [-0.05, 0) is 48.7 Å². The second-order valence-electron chi connectivity index (χ2n) is 6.97. The van der Waals surface area contributed by atoms with Gasteiger partial charge < -0.3 is 25.0 Å². The molecule has 29 heavy (non-hydrogen) atoms. The molecule has 150 valence electrons. The Labute approximate surface area is 167 Å². The molecule has 0 unspecified atom stereocenters. The van der Waals surface area contributed by atoms with E-state index in [-0.39, 0.29) is 19.2 Å². The fourth-order valence-corrected chi connectivity index (χ4v) is 3.38. The molecular formula is C21H21N3O5. The molecule has 0 atom stereocenters. The van der Waals surface area contributed by atoms with Crippen LogP contribution in [0.4, 0.5) is 11.4 Å². The molecule has 2 aromatic rings. The highest BCUT2D eigenvalue weighted by atomic mass is 16.7. The monoisotopic (exact) mass is 395 g/mol. The van der Waals surface area contributed by atoms with Crippen LogP contribution in [0.25, 0.3) is 0 Å². The Bertz CT molecular complexity index is 988. The van der Waals surface area contributed by atoms with Crippen LogP contribution in [0.2, 0.25) is 0 Å². The number of fused-ring (bicyclic) bond motifs is 1. The van der Waals surface area contributed by atoms with Gasteiger partial charge in [0.2, 0.25) is 12.7 Å². The minimum Gasteiger partial charge on any atom is -0.454 e. The summed E-state index contributed by atoms with van der Waals surface area (Å²) in [5.41, 5.74) is 2.95. The molecule has 0 bridgehead atoms. The molecule has 2 aliphatic rings. The van der Waals surface area contributed by atoms with Crippen LogP contribution in [0.5, 0.6) is 11.5 Å². The summed E-state index contributed by atoms with van der Waals surface area (Å²) in [6, 6.07) is 10.6. The lowest BCUT2D eigenvalue weighted by Crippen LogP contribution is -2.35. The minimum atomic E-state index is -0.770. The molecule has 0 aromatic heterocycles. The molecule has 0 radical (unpaired) electrons. The van der Waals surface area contributed by atoms with Crippen molar-refractivity contribution in [2.45, 2.75) is 26.3 Å². The Balaban J connectivity index is 1.37. The van der Waals surface area contributed by atoms with E-state index in [1.165, 1.54) is 0 Å². The van der Waals surface area contributed by atoms with Crippen molar-refractivity contribution in [1.29, 1.82) is 0 Å². The summed E-state index contributed by atoms with van der Waals surface area (Å²) in [5, 5.41) is 5.18. The van der Waals surface area contributed by atoms with Gasteiger partial charge in [0, 0.05) is 30.9 Å². The van der Waals surface area contributed by atoms with Crippen molar-refractivity contribution in [2.75, 3.05) is 23.6 Å². The lowest BCUT2D eigenvalue weighted by atomic mass is 10.1. The lowest BCUT2D eigenvalue weighted by Gasteiger charge is -2.19. The van der Waals surface area contributed by atoms with Gasteiger partial charge in [-0.3, -0.25) is 14.4 Å². The molecule has 0 aliphatic carbocycles. The molecule has 3 amide bonds. The molecule has 2 N–H and O–H groups in total. The topological polar surface area (TPSA) is 97.0 Å². The third kappa shape index (κ3) is 4.01. The number of amides is 3. The molecule has 8 nitrogen and oxygen atoms in total. The van der Waals surface area contributed by atoms with E-state index >= 15 is 0 Å². The predicted octanol–water partition coefficient (Wildman–Crippen LogP) is 2.11. The van der Waals surface area contributed by atoms with Crippen LogP contribution >= 0.6 is 0 Å². The Morgan fingerprint density at radius 1 is 1.07 bits per heavy atom. The normalized spacial score (nSPS) is 14.8. The highest BCUT2D eigenvalue weighted by Crippen LogP contribution is 2.32. The number of nitrogens with zero attached hydrogens (tertiary/aromatic N) is 1. The maximum Gasteiger partial charge on any atom is 0.313 e. The zero-order valence-electron chi connectivity index (χ0n) is 16.0. The maximum atomic E-state index is 12.3. The molecule has 1 fully saturated rings. The first-order valence-corrected chi connectivity index (χ1v) is 9.40. The average Bonchev–Trinajstić information content (AvgIpc) is 3.35. The molecule has 0 spiro atoms. The lowest BCUT2D eigenvalue weighted by molar-refractivity contribution is -0.136. The van der Waals surface area contributed by atoms with E-state index in [1.54, 1.807) is 35.2 Å². The molecular weight excluding hydrogens is 374 g/mol. The number of hydrogen-bond donors (Lipinski definition) is 2. The van der Waals surface area contributed by atoms with Crippen LogP contribution in [-0.2, 0) is 20.9 Å². The van der Waals surface area contributed by atoms with Crippen molar-refractivity contribution in [3.8, 4) is 11.5 Å².